The topological polar surface area (TPSA) is 81.8 Å². The summed E-state index contributed by atoms with van der Waals surface area (Å²) in [6.45, 7) is 1.57. The quantitative estimate of drug-likeness (QED) is 0.624. The third kappa shape index (κ3) is 3.07. The smallest absolute Gasteiger partial charge is 0.276 e. The van der Waals surface area contributed by atoms with Crippen LogP contribution in [0.3, 0.4) is 0 Å². The van der Waals surface area contributed by atoms with Gasteiger partial charge in [0.2, 0.25) is 0 Å². The van der Waals surface area contributed by atoms with Gasteiger partial charge in [-0.3, -0.25) is 10.1 Å². The van der Waals surface area contributed by atoms with Crippen LogP contribution < -0.4 is 9.47 Å². The number of nitro benzene ring substituents is 1. The maximum atomic E-state index is 10.9. The Balaban J connectivity index is 3.29. The molecule has 0 bridgehead atoms. The van der Waals surface area contributed by atoms with Gasteiger partial charge < -0.3 is 14.6 Å². The second kappa shape index (κ2) is 5.49. The van der Waals surface area contributed by atoms with Crippen LogP contribution in [-0.4, -0.2) is 30.4 Å². The van der Waals surface area contributed by atoms with Crippen molar-refractivity contribution < 1.29 is 19.5 Å². The zero-order valence-electron chi connectivity index (χ0n) is 9.97. The molecule has 1 rings (SSSR count). The molecule has 0 aliphatic heterocycles. The molecule has 6 nitrogen and oxygen atoms in total. The van der Waals surface area contributed by atoms with E-state index in [9.17, 15) is 15.2 Å². The molecule has 6 heteroatoms. The summed E-state index contributed by atoms with van der Waals surface area (Å²) >= 11 is 0. The number of benzene rings is 1. The van der Waals surface area contributed by atoms with E-state index in [1.807, 2.05) is 0 Å². The molecule has 0 saturated heterocycles. The van der Waals surface area contributed by atoms with Crippen LogP contribution in [-0.2, 0) is 6.42 Å². The molecule has 0 aliphatic carbocycles. The van der Waals surface area contributed by atoms with Gasteiger partial charge in [-0.25, -0.2) is 0 Å². The second-order valence-corrected chi connectivity index (χ2v) is 3.65. The van der Waals surface area contributed by atoms with Gasteiger partial charge in [0.05, 0.1) is 31.3 Å². The monoisotopic (exact) mass is 241 g/mol. The van der Waals surface area contributed by atoms with Crippen LogP contribution in [0.15, 0.2) is 12.1 Å². The van der Waals surface area contributed by atoms with E-state index < -0.39 is 11.0 Å². The van der Waals surface area contributed by atoms with Crippen LogP contribution in [0, 0.1) is 10.1 Å². The Morgan fingerprint density at radius 1 is 1.35 bits per heavy atom. The highest BCUT2D eigenvalue weighted by molar-refractivity contribution is 5.54. The molecule has 1 N–H and O–H groups in total. The maximum absolute atomic E-state index is 10.9. The fraction of sp³-hybridized carbons (Fsp3) is 0.455. The molecule has 17 heavy (non-hydrogen) atoms. The summed E-state index contributed by atoms with van der Waals surface area (Å²) in [6.07, 6.45) is -0.469. The zero-order chi connectivity index (χ0) is 13.0. The summed E-state index contributed by atoms with van der Waals surface area (Å²) in [5.74, 6) is 0.710. The number of methoxy groups -OCH3 is 2. The van der Waals surface area contributed by atoms with Gasteiger partial charge in [0, 0.05) is 12.0 Å². The van der Waals surface area contributed by atoms with Crippen molar-refractivity contribution in [2.75, 3.05) is 14.2 Å². The molecule has 0 heterocycles. The molecule has 0 fully saturated rings. The molecular formula is C11H15NO5. The summed E-state index contributed by atoms with van der Waals surface area (Å²) in [4.78, 5) is 10.4. The Hall–Kier alpha value is -1.82. The summed E-state index contributed by atoms with van der Waals surface area (Å²) in [7, 11) is 2.87. The van der Waals surface area contributed by atoms with Crippen LogP contribution in [0.2, 0.25) is 0 Å². The molecule has 94 valence electrons. The standard InChI is InChI=1S/C11H15NO5/c1-7(13)4-8-5-10(16-2)11(17-3)6-9(8)12(14)15/h5-7,13H,4H2,1-3H3/t7-/m0/s1. The van der Waals surface area contributed by atoms with Crippen molar-refractivity contribution in [3.63, 3.8) is 0 Å². The van der Waals surface area contributed by atoms with Crippen molar-refractivity contribution in [2.24, 2.45) is 0 Å². The highest BCUT2D eigenvalue weighted by Gasteiger charge is 2.20. The summed E-state index contributed by atoms with van der Waals surface area (Å²) in [5, 5.41) is 20.2. The molecule has 1 aromatic rings. The minimum atomic E-state index is -0.660. The minimum Gasteiger partial charge on any atom is -0.493 e. The molecule has 0 spiro atoms. The molecular weight excluding hydrogens is 226 g/mol. The predicted octanol–water partition coefficient (Wildman–Crippen LogP) is 1.54. The lowest BCUT2D eigenvalue weighted by Gasteiger charge is -2.11. The molecule has 0 saturated carbocycles. The molecule has 0 aliphatic rings. The summed E-state index contributed by atoms with van der Waals surface area (Å²) in [5.41, 5.74) is 0.339. The maximum Gasteiger partial charge on any atom is 0.276 e. The van der Waals surface area contributed by atoms with Crippen molar-refractivity contribution in [3.8, 4) is 11.5 Å². The number of hydrogen-bond acceptors (Lipinski definition) is 5. The Kier molecular flexibility index (Phi) is 4.28. The van der Waals surface area contributed by atoms with Crippen molar-refractivity contribution in [3.05, 3.63) is 27.8 Å². The summed E-state index contributed by atoms with van der Waals surface area (Å²) in [6, 6.07) is 2.82. The fourth-order valence-electron chi connectivity index (χ4n) is 1.56. The van der Waals surface area contributed by atoms with Gasteiger partial charge >= 0.3 is 0 Å². The van der Waals surface area contributed by atoms with Gasteiger partial charge in [-0.05, 0) is 13.0 Å². The number of ether oxygens (including phenoxy) is 2. The lowest BCUT2D eigenvalue weighted by atomic mass is 10.1. The van der Waals surface area contributed by atoms with Crippen LogP contribution in [0.5, 0.6) is 11.5 Å². The highest BCUT2D eigenvalue weighted by Crippen LogP contribution is 2.34. The Labute approximate surface area is 98.9 Å². The van der Waals surface area contributed by atoms with Crippen LogP contribution in [0.1, 0.15) is 12.5 Å². The van der Waals surface area contributed by atoms with Gasteiger partial charge in [0.15, 0.2) is 11.5 Å². The first-order valence-electron chi connectivity index (χ1n) is 5.07. The van der Waals surface area contributed by atoms with E-state index in [0.717, 1.165) is 0 Å². The first-order valence-corrected chi connectivity index (χ1v) is 5.07. The lowest BCUT2D eigenvalue weighted by Crippen LogP contribution is -2.07. The average Bonchev–Trinajstić information content (AvgIpc) is 2.27. The second-order valence-electron chi connectivity index (χ2n) is 3.65. The van der Waals surface area contributed by atoms with Gasteiger partial charge in [0.1, 0.15) is 0 Å². The minimum absolute atomic E-state index is 0.0800. The highest BCUT2D eigenvalue weighted by atomic mass is 16.6. The van der Waals surface area contributed by atoms with Crippen LogP contribution in [0.25, 0.3) is 0 Å². The normalized spacial score (nSPS) is 12.0. The van der Waals surface area contributed by atoms with Crippen LogP contribution in [0.4, 0.5) is 5.69 Å². The van der Waals surface area contributed by atoms with E-state index in [0.29, 0.717) is 17.1 Å². The van der Waals surface area contributed by atoms with E-state index in [-0.39, 0.29) is 12.1 Å². The fourth-order valence-corrected chi connectivity index (χ4v) is 1.56. The van der Waals surface area contributed by atoms with Crippen molar-refractivity contribution in [1.29, 1.82) is 0 Å². The average molecular weight is 241 g/mol. The first-order chi connectivity index (χ1) is 7.99. The van der Waals surface area contributed by atoms with E-state index in [2.05, 4.69) is 0 Å². The lowest BCUT2D eigenvalue weighted by molar-refractivity contribution is -0.385. The number of nitro groups is 1. The SMILES string of the molecule is COc1cc(C[C@H](C)O)c([N+](=O)[O-])cc1OC. The Bertz CT molecular complexity index is 417. The first kappa shape index (κ1) is 13.2. The Morgan fingerprint density at radius 2 is 1.88 bits per heavy atom. The zero-order valence-corrected chi connectivity index (χ0v) is 9.97. The molecule has 1 aromatic carbocycles. The van der Waals surface area contributed by atoms with E-state index in [1.54, 1.807) is 6.92 Å². The molecule has 0 aromatic heterocycles. The molecule has 0 unspecified atom stereocenters. The van der Waals surface area contributed by atoms with E-state index in [1.165, 1.54) is 26.4 Å². The predicted molar refractivity (Wildman–Crippen MR) is 61.6 cm³/mol. The number of nitrogens with zero attached hydrogens (tertiary/aromatic N) is 1. The third-order valence-electron chi connectivity index (χ3n) is 2.30. The molecule has 1 atom stereocenters. The third-order valence-corrected chi connectivity index (χ3v) is 2.30. The van der Waals surface area contributed by atoms with Gasteiger partial charge in [0.25, 0.3) is 5.69 Å². The number of aliphatic hydroxyl groups is 1. The number of aliphatic hydroxyl groups excluding tert-OH is 1. The van der Waals surface area contributed by atoms with E-state index in [4.69, 9.17) is 9.47 Å². The van der Waals surface area contributed by atoms with Crippen LogP contribution >= 0.6 is 0 Å². The van der Waals surface area contributed by atoms with Crippen molar-refractivity contribution in [1.82, 2.24) is 0 Å². The number of rotatable bonds is 5. The van der Waals surface area contributed by atoms with Gasteiger partial charge in [-0.1, -0.05) is 0 Å². The largest absolute Gasteiger partial charge is 0.493 e. The van der Waals surface area contributed by atoms with Gasteiger partial charge in [-0.15, -0.1) is 0 Å². The van der Waals surface area contributed by atoms with Gasteiger partial charge in [-0.2, -0.15) is 0 Å². The Morgan fingerprint density at radius 3 is 2.29 bits per heavy atom. The van der Waals surface area contributed by atoms with E-state index >= 15 is 0 Å². The number of hydrogen-bond donors (Lipinski definition) is 1. The molecule has 0 radical (unpaired) electrons. The summed E-state index contributed by atoms with van der Waals surface area (Å²) < 4.78 is 10.1. The molecule has 0 amide bonds. The van der Waals surface area contributed by atoms with Crippen molar-refractivity contribution >= 4 is 5.69 Å². The van der Waals surface area contributed by atoms with Crippen molar-refractivity contribution in [2.45, 2.75) is 19.4 Å².